The molecular weight excluding hydrogens is 406 g/mol. The number of nitrogens with zero attached hydrogens (tertiary/aromatic N) is 1. The minimum absolute atomic E-state index is 0.00884. The Balaban J connectivity index is 2.15. The van der Waals surface area contributed by atoms with Crippen molar-refractivity contribution in [3.8, 4) is 11.3 Å². The van der Waals surface area contributed by atoms with Gasteiger partial charge in [-0.1, -0.05) is 60.7 Å². The van der Waals surface area contributed by atoms with Crippen molar-refractivity contribution in [2.45, 2.75) is 19.4 Å². The molecule has 0 aliphatic carbocycles. The minimum atomic E-state index is -2.63. The lowest BCUT2D eigenvalue weighted by Gasteiger charge is -2.25. The van der Waals surface area contributed by atoms with E-state index in [1.54, 1.807) is 26.0 Å². The van der Waals surface area contributed by atoms with Crippen molar-refractivity contribution in [1.29, 1.82) is 0 Å². The number of carbonyl (C=O) groups excluding carboxylic acids is 2. The molecule has 0 atom stereocenters. The summed E-state index contributed by atoms with van der Waals surface area (Å²) < 4.78 is 12.2. The second-order valence-electron chi connectivity index (χ2n) is 7.48. The summed E-state index contributed by atoms with van der Waals surface area (Å²) in [6, 6.07) is 21.0. The van der Waals surface area contributed by atoms with Crippen LogP contribution in [0, 0.1) is 0 Å². The molecule has 6 nitrogen and oxygen atoms in total. The molecule has 0 fully saturated rings. The fraction of sp³-hybridized carbons (Fsp3) is 0.231. The maximum atomic E-state index is 13.1. The highest BCUT2D eigenvalue weighted by Gasteiger charge is 2.52. The zero-order chi connectivity index (χ0) is 22.9. The highest BCUT2D eigenvalue weighted by Crippen LogP contribution is 2.43. The number of esters is 2. The van der Waals surface area contributed by atoms with Gasteiger partial charge in [0.2, 0.25) is 0 Å². The Morgan fingerprint density at radius 3 is 2.06 bits per heavy atom. The van der Waals surface area contributed by atoms with Crippen molar-refractivity contribution in [2.75, 3.05) is 13.2 Å². The largest absolute Gasteiger partial charge is 0.463 e. The summed E-state index contributed by atoms with van der Waals surface area (Å²) in [5.74, 6) is -2.12. The average molecular weight is 431 g/mol. The lowest BCUT2D eigenvalue weighted by Crippen LogP contribution is -2.46. The van der Waals surface area contributed by atoms with Crippen molar-refractivity contribution in [3.63, 3.8) is 0 Å². The van der Waals surface area contributed by atoms with Crippen LogP contribution in [0.4, 0.5) is 0 Å². The van der Waals surface area contributed by atoms with Crippen LogP contribution in [0.25, 0.3) is 32.9 Å². The molecule has 0 aliphatic heterocycles. The zero-order valence-corrected chi connectivity index (χ0v) is 18.3. The molecule has 4 rings (SSSR count). The van der Waals surface area contributed by atoms with Crippen LogP contribution >= 0.6 is 0 Å². The number of hydrogen-bond acceptors (Lipinski definition) is 5. The molecule has 0 radical (unpaired) electrons. The average Bonchev–Trinajstić information content (AvgIpc) is 3.11. The summed E-state index contributed by atoms with van der Waals surface area (Å²) in [6.07, 6.45) is 0. The Bertz CT molecular complexity index is 1300. The Kier molecular flexibility index (Phi) is 5.72. The molecule has 32 heavy (non-hydrogen) atoms. The molecule has 0 unspecified atom stereocenters. The maximum Gasteiger partial charge on any atom is 0.355 e. The maximum absolute atomic E-state index is 13.1. The van der Waals surface area contributed by atoms with Gasteiger partial charge in [-0.05, 0) is 30.7 Å². The van der Waals surface area contributed by atoms with Gasteiger partial charge in [0.15, 0.2) is 0 Å². The van der Waals surface area contributed by atoms with Gasteiger partial charge in [-0.3, -0.25) is 0 Å². The van der Waals surface area contributed by atoms with Gasteiger partial charge in [-0.25, -0.2) is 9.59 Å². The molecule has 0 amide bonds. The van der Waals surface area contributed by atoms with Crippen molar-refractivity contribution in [2.24, 2.45) is 7.05 Å². The van der Waals surface area contributed by atoms with Gasteiger partial charge in [0.05, 0.1) is 18.9 Å². The number of carbonyl (C=O) groups is 2. The first kappa shape index (κ1) is 21.6. The van der Waals surface area contributed by atoms with E-state index in [4.69, 9.17) is 9.47 Å². The van der Waals surface area contributed by atoms with Crippen LogP contribution in [-0.4, -0.2) is 34.8 Å². The predicted molar refractivity (Wildman–Crippen MR) is 123 cm³/mol. The van der Waals surface area contributed by atoms with E-state index < -0.39 is 17.5 Å². The molecule has 4 aromatic rings. The van der Waals surface area contributed by atoms with Crippen LogP contribution in [-0.2, 0) is 31.7 Å². The number of ether oxygens (including phenoxy) is 2. The van der Waals surface area contributed by atoms with Crippen molar-refractivity contribution in [1.82, 2.24) is 4.57 Å². The molecule has 0 saturated heterocycles. The van der Waals surface area contributed by atoms with Crippen molar-refractivity contribution < 1.29 is 24.2 Å². The summed E-state index contributed by atoms with van der Waals surface area (Å²) >= 11 is 0. The summed E-state index contributed by atoms with van der Waals surface area (Å²) in [5, 5.41) is 14.2. The standard InChI is InChI=1S/C26H25NO5/c1-4-31-24(28)26(30,25(29)32-5-2)22-20-14-8-9-16-21(20)27(3)23(22)19-15-10-12-17-11-6-7-13-18(17)19/h6-16,30H,4-5H2,1-3H3. The number of aliphatic hydroxyl groups is 1. The monoisotopic (exact) mass is 431 g/mol. The third kappa shape index (κ3) is 3.24. The van der Waals surface area contributed by atoms with Crippen LogP contribution in [0.15, 0.2) is 66.7 Å². The third-order valence-electron chi connectivity index (χ3n) is 5.66. The van der Waals surface area contributed by atoms with Gasteiger partial charge >= 0.3 is 11.9 Å². The van der Waals surface area contributed by atoms with E-state index in [9.17, 15) is 14.7 Å². The molecule has 0 bridgehead atoms. The summed E-state index contributed by atoms with van der Waals surface area (Å²) in [7, 11) is 1.85. The molecular formula is C26H25NO5. The molecule has 1 heterocycles. The van der Waals surface area contributed by atoms with E-state index in [1.807, 2.05) is 66.2 Å². The lowest BCUT2D eigenvalue weighted by molar-refractivity contribution is -0.184. The Morgan fingerprint density at radius 2 is 1.41 bits per heavy atom. The second-order valence-corrected chi connectivity index (χ2v) is 7.48. The normalized spacial score (nSPS) is 11.6. The zero-order valence-electron chi connectivity index (χ0n) is 18.3. The number of rotatable bonds is 6. The molecule has 6 heteroatoms. The van der Waals surface area contributed by atoms with Gasteiger partial charge in [0.1, 0.15) is 0 Å². The third-order valence-corrected chi connectivity index (χ3v) is 5.66. The molecule has 164 valence electrons. The van der Waals surface area contributed by atoms with Crippen LogP contribution in [0.3, 0.4) is 0 Å². The highest BCUT2D eigenvalue weighted by atomic mass is 16.6. The fourth-order valence-corrected chi connectivity index (χ4v) is 4.27. The van der Waals surface area contributed by atoms with Crippen LogP contribution in [0.2, 0.25) is 0 Å². The number of benzene rings is 3. The molecule has 0 saturated carbocycles. The first-order valence-corrected chi connectivity index (χ1v) is 10.6. The van der Waals surface area contributed by atoms with Crippen LogP contribution in [0.1, 0.15) is 19.4 Å². The van der Waals surface area contributed by atoms with E-state index in [2.05, 4.69) is 0 Å². The van der Waals surface area contributed by atoms with Gasteiger partial charge < -0.3 is 19.1 Å². The predicted octanol–water partition coefficient (Wildman–Crippen LogP) is 4.31. The SMILES string of the molecule is CCOC(=O)C(O)(C(=O)OCC)c1c(-c2cccc3ccccc23)n(C)c2ccccc12. The quantitative estimate of drug-likeness (QED) is 0.364. The van der Waals surface area contributed by atoms with E-state index in [0.717, 1.165) is 21.9 Å². The van der Waals surface area contributed by atoms with Gasteiger partial charge in [-0.2, -0.15) is 0 Å². The van der Waals surface area contributed by atoms with E-state index in [-0.39, 0.29) is 18.8 Å². The first-order valence-electron chi connectivity index (χ1n) is 10.6. The molecule has 1 aromatic heterocycles. The molecule has 0 spiro atoms. The number of fused-ring (bicyclic) bond motifs is 2. The molecule has 0 aliphatic rings. The van der Waals surface area contributed by atoms with E-state index in [1.165, 1.54) is 0 Å². The number of para-hydroxylation sites is 1. The lowest BCUT2D eigenvalue weighted by atomic mass is 9.87. The smallest absolute Gasteiger partial charge is 0.355 e. The Morgan fingerprint density at radius 1 is 0.844 bits per heavy atom. The topological polar surface area (TPSA) is 77.8 Å². The van der Waals surface area contributed by atoms with Crippen LogP contribution < -0.4 is 0 Å². The van der Waals surface area contributed by atoms with Crippen LogP contribution in [0.5, 0.6) is 0 Å². The Hall–Kier alpha value is -3.64. The number of aryl methyl sites for hydroxylation is 1. The summed E-state index contributed by atoms with van der Waals surface area (Å²) in [4.78, 5) is 26.2. The van der Waals surface area contributed by atoms with Gasteiger partial charge in [0, 0.05) is 29.1 Å². The van der Waals surface area contributed by atoms with E-state index in [0.29, 0.717) is 11.1 Å². The number of aromatic nitrogens is 1. The first-order chi connectivity index (χ1) is 15.4. The number of hydrogen-bond donors (Lipinski definition) is 1. The highest BCUT2D eigenvalue weighted by molar-refractivity contribution is 6.12. The van der Waals surface area contributed by atoms with Gasteiger partial charge in [0.25, 0.3) is 5.60 Å². The summed E-state index contributed by atoms with van der Waals surface area (Å²) in [5.41, 5.74) is -0.379. The van der Waals surface area contributed by atoms with Crippen molar-refractivity contribution in [3.05, 3.63) is 72.3 Å². The summed E-state index contributed by atoms with van der Waals surface area (Å²) in [6.45, 7) is 3.26. The minimum Gasteiger partial charge on any atom is -0.463 e. The molecule has 3 aromatic carbocycles. The van der Waals surface area contributed by atoms with Crippen molar-refractivity contribution >= 4 is 33.6 Å². The Labute approximate surface area is 186 Å². The second kappa shape index (κ2) is 8.48. The fourth-order valence-electron chi connectivity index (χ4n) is 4.27. The van der Waals surface area contributed by atoms with E-state index >= 15 is 0 Å². The molecule has 1 N–H and O–H groups in total. The van der Waals surface area contributed by atoms with Gasteiger partial charge in [-0.15, -0.1) is 0 Å².